The Hall–Kier alpha value is -3.80. The van der Waals surface area contributed by atoms with Crippen molar-refractivity contribution >= 4 is 22.7 Å². The minimum absolute atomic E-state index is 0.248. The van der Waals surface area contributed by atoms with Crippen molar-refractivity contribution in [3.05, 3.63) is 89.8 Å². The number of nitrogens with zero attached hydrogens (tertiary/aromatic N) is 2. The van der Waals surface area contributed by atoms with E-state index in [1.165, 1.54) is 12.8 Å². The second-order valence-electron chi connectivity index (χ2n) is 7.91. The number of amides is 1. The van der Waals surface area contributed by atoms with E-state index in [2.05, 4.69) is 15.2 Å². The molecule has 5 rings (SSSR count). The fourth-order valence-electron chi connectivity index (χ4n) is 4.05. The van der Waals surface area contributed by atoms with Gasteiger partial charge in [0.25, 0.3) is 5.91 Å². The van der Waals surface area contributed by atoms with Crippen molar-refractivity contribution in [1.82, 2.24) is 10.3 Å². The van der Waals surface area contributed by atoms with Crippen LogP contribution >= 0.6 is 0 Å². The summed E-state index contributed by atoms with van der Waals surface area (Å²) < 4.78 is 11.9. The van der Waals surface area contributed by atoms with E-state index in [1.807, 2.05) is 66.7 Å². The summed E-state index contributed by atoms with van der Waals surface area (Å²) in [6, 6.07) is 21.2. The number of fused-ring (bicyclic) bond motifs is 1. The first kappa shape index (κ1) is 20.1. The molecule has 1 aliphatic heterocycles. The molecule has 162 valence electrons. The number of furan rings is 1. The van der Waals surface area contributed by atoms with Gasteiger partial charge in [0.1, 0.15) is 23.8 Å². The summed E-state index contributed by atoms with van der Waals surface area (Å²) in [6.45, 7) is 2.72. The highest BCUT2D eigenvalue weighted by Gasteiger charge is 2.21. The van der Waals surface area contributed by atoms with E-state index in [0.717, 1.165) is 41.2 Å². The summed E-state index contributed by atoms with van der Waals surface area (Å²) in [4.78, 5) is 19.8. The molecule has 0 saturated carbocycles. The third-order valence-corrected chi connectivity index (χ3v) is 5.72. The van der Waals surface area contributed by atoms with Crippen LogP contribution in [0.4, 0.5) is 5.82 Å². The Morgan fingerprint density at radius 1 is 1.03 bits per heavy atom. The maximum Gasteiger partial charge on any atom is 0.287 e. The second-order valence-corrected chi connectivity index (χ2v) is 7.91. The van der Waals surface area contributed by atoms with Crippen molar-refractivity contribution in [2.75, 3.05) is 18.0 Å². The molecule has 1 fully saturated rings. The molecule has 0 aliphatic carbocycles. The van der Waals surface area contributed by atoms with Crippen molar-refractivity contribution in [3.63, 3.8) is 0 Å². The van der Waals surface area contributed by atoms with Crippen LogP contribution in [-0.4, -0.2) is 24.0 Å². The summed E-state index contributed by atoms with van der Waals surface area (Å²) in [5, 5.41) is 3.88. The molecule has 6 nitrogen and oxygen atoms in total. The number of nitrogens with one attached hydrogen (secondary N) is 1. The average Bonchev–Trinajstić information content (AvgIpc) is 3.51. The summed E-state index contributed by atoms with van der Waals surface area (Å²) in [5.41, 5.74) is 2.42. The fourth-order valence-corrected chi connectivity index (χ4v) is 4.05. The normalized spacial score (nSPS) is 13.4. The Labute approximate surface area is 186 Å². The molecule has 0 radical (unpaired) electrons. The molecule has 1 saturated heterocycles. The maximum atomic E-state index is 13.1. The Kier molecular flexibility index (Phi) is 5.75. The summed E-state index contributed by atoms with van der Waals surface area (Å²) >= 11 is 0. The lowest BCUT2D eigenvalue weighted by atomic mass is 10.1. The van der Waals surface area contributed by atoms with Crippen molar-refractivity contribution in [2.24, 2.45) is 0 Å². The summed E-state index contributed by atoms with van der Waals surface area (Å²) in [5.74, 6) is 1.74. The van der Waals surface area contributed by atoms with Gasteiger partial charge in [-0.15, -0.1) is 0 Å². The van der Waals surface area contributed by atoms with Crippen LogP contribution < -0.4 is 15.0 Å². The zero-order valence-electron chi connectivity index (χ0n) is 17.8. The third-order valence-electron chi connectivity index (χ3n) is 5.72. The molecule has 3 heterocycles. The van der Waals surface area contributed by atoms with Crippen LogP contribution in [0, 0.1) is 0 Å². The van der Waals surface area contributed by atoms with E-state index in [0.29, 0.717) is 12.1 Å². The first-order chi connectivity index (χ1) is 15.8. The number of carbonyl (C=O) groups is 1. The van der Waals surface area contributed by atoms with Gasteiger partial charge in [-0.2, -0.15) is 0 Å². The molecule has 1 amide bonds. The summed E-state index contributed by atoms with van der Waals surface area (Å²) in [7, 11) is 0. The van der Waals surface area contributed by atoms with E-state index < -0.39 is 0 Å². The first-order valence-electron chi connectivity index (χ1n) is 10.9. The van der Waals surface area contributed by atoms with Crippen molar-refractivity contribution in [2.45, 2.75) is 26.0 Å². The van der Waals surface area contributed by atoms with Gasteiger partial charge in [0.15, 0.2) is 5.76 Å². The second kappa shape index (κ2) is 9.14. The van der Waals surface area contributed by atoms with Gasteiger partial charge in [-0.25, -0.2) is 4.98 Å². The lowest BCUT2D eigenvalue weighted by Crippen LogP contribution is -2.24. The molecule has 0 atom stereocenters. The number of anilines is 1. The van der Waals surface area contributed by atoms with E-state index in [-0.39, 0.29) is 18.3 Å². The van der Waals surface area contributed by atoms with E-state index >= 15 is 0 Å². The highest BCUT2D eigenvalue weighted by molar-refractivity contribution is 5.99. The molecular weight excluding hydrogens is 402 g/mol. The maximum absolute atomic E-state index is 13.1. The minimum atomic E-state index is -0.257. The Morgan fingerprint density at radius 3 is 2.66 bits per heavy atom. The number of para-hydroxylation sites is 2. The van der Waals surface area contributed by atoms with Gasteiger partial charge in [0, 0.05) is 36.8 Å². The molecule has 0 spiro atoms. The highest BCUT2D eigenvalue weighted by Crippen LogP contribution is 2.27. The monoisotopic (exact) mass is 427 g/mol. The smallest absolute Gasteiger partial charge is 0.287 e. The minimum Gasteiger partial charge on any atom is -0.489 e. The number of aromatic nitrogens is 1. The SMILES string of the molecule is O=C(NCc1ccnc(N2CCCC2)c1)c1oc2ccccc2c1COc1ccccc1. The fraction of sp³-hybridized carbons (Fsp3) is 0.231. The topological polar surface area (TPSA) is 67.6 Å². The molecule has 0 unspecified atom stereocenters. The highest BCUT2D eigenvalue weighted by atomic mass is 16.5. The Bertz CT molecular complexity index is 1210. The number of rotatable bonds is 7. The van der Waals surface area contributed by atoms with Crippen molar-refractivity contribution < 1.29 is 13.9 Å². The Morgan fingerprint density at radius 2 is 1.81 bits per heavy atom. The number of hydrogen-bond donors (Lipinski definition) is 1. The van der Waals surface area contributed by atoms with E-state index in [9.17, 15) is 4.79 Å². The number of carbonyl (C=O) groups excluding carboxylic acids is 1. The van der Waals surface area contributed by atoms with Crippen molar-refractivity contribution in [1.29, 1.82) is 0 Å². The van der Waals surface area contributed by atoms with Gasteiger partial charge in [-0.3, -0.25) is 4.79 Å². The zero-order valence-corrected chi connectivity index (χ0v) is 17.8. The van der Waals surface area contributed by atoms with Gasteiger partial charge in [0.2, 0.25) is 0 Å². The average molecular weight is 428 g/mol. The lowest BCUT2D eigenvalue weighted by Gasteiger charge is -2.17. The molecule has 2 aromatic heterocycles. The molecule has 2 aromatic carbocycles. The predicted molar refractivity (Wildman–Crippen MR) is 124 cm³/mol. The zero-order chi connectivity index (χ0) is 21.8. The lowest BCUT2D eigenvalue weighted by molar-refractivity contribution is 0.0922. The molecule has 6 heteroatoms. The standard InChI is InChI=1S/C26H25N3O3/c30-26(28-17-19-12-13-27-24(16-19)29-14-6-7-15-29)25-22(18-31-20-8-2-1-3-9-20)21-10-4-5-11-23(21)32-25/h1-5,8-13,16H,6-7,14-15,17-18H2,(H,28,30). The molecule has 1 N–H and O–H groups in total. The van der Waals surface area contributed by atoms with Crippen LogP contribution in [-0.2, 0) is 13.2 Å². The van der Waals surface area contributed by atoms with Crippen LogP contribution in [0.5, 0.6) is 5.75 Å². The van der Waals surface area contributed by atoms with Gasteiger partial charge >= 0.3 is 0 Å². The number of benzene rings is 2. The van der Waals surface area contributed by atoms with Crippen LogP contribution in [0.3, 0.4) is 0 Å². The number of ether oxygens (including phenoxy) is 1. The summed E-state index contributed by atoms with van der Waals surface area (Å²) in [6.07, 6.45) is 4.19. The predicted octanol–water partition coefficient (Wildman–Crippen LogP) is 4.94. The largest absolute Gasteiger partial charge is 0.489 e. The van der Waals surface area contributed by atoms with Crippen LogP contribution in [0.2, 0.25) is 0 Å². The van der Waals surface area contributed by atoms with Crippen LogP contribution in [0.1, 0.15) is 34.5 Å². The number of hydrogen-bond acceptors (Lipinski definition) is 5. The molecule has 4 aromatic rings. The number of pyridine rings is 1. The quantitative estimate of drug-likeness (QED) is 0.453. The third kappa shape index (κ3) is 4.30. The van der Waals surface area contributed by atoms with E-state index in [4.69, 9.17) is 9.15 Å². The first-order valence-corrected chi connectivity index (χ1v) is 10.9. The van der Waals surface area contributed by atoms with E-state index in [1.54, 1.807) is 6.20 Å². The Balaban J connectivity index is 1.33. The van der Waals surface area contributed by atoms with Crippen LogP contribution in [0.25, 0.3) is 11.0 Å². The molecule has 32 heavy (non-hydrogen) atoms. The van der Waals surface area contributed by atoms with Gasteiger partial charge in [-0.1, -0.05) is 36.4 Å². The molecule has 0 bridgehead atoms. The molecular formula is C26H25N3O3. The van der Waals surface area contributed by atoms with Gasteiger partial charge in [-0.05, 0) is 48.7 Å². The van der Waals surface area contributed by atoms with Crippen LogP contribution in [0.15, 0.2) is 77.3 Å². The van der Waals surface area contributed by atoms with Gasteiger partial charge in [0.05, 0.1) is 0 Å². The van der Waals surface area contributed by atoms with Gasteiger partial charge < -0.3 is 19.4 Å². The molecule has 1 aliphatic rings. The van der Waals surface area contributed by atoms with Crippen molar-refractivity contribution in [3.8, 4) is 5.75 Å².